The lowest BCUT2D eigenvalue weighted by Crippen LogP contribution is -2.45. The number of hydrogen-bond acceptors (Lipinski definition) is 4. The van der Waals surface area contributed by atoms with Crippen molar-refractivity contribution in [2.75, 3.05) is 33.4 Å². The molecule has 2 atom stereocenters. The van der Waals surface area contributed by atoms with E-state index in [9.17, 15) is 0 Å². The highest BCUT2D eigenvalue weighted by atomic mass is 16.5. The molecule has 1 N–H and O–H groups in total. The van der Waals surface area contributed by atoms with Crippen LogP contribution in [0.5, 0.6) is 0 Å². The summed E-state index contributed by atoms with van der Waals surface area (Å²) < 4.78 is 16.4. The summed E-state index contributed by atoms with van der Waals surface area (Å²) in [6, 6.07) is 0. The van der Waals surface area contributed by atoms with E-state index in [1.165, 1.54) is 0 Å². The molecule has 0 aromatic carbocycles. The number of hydrogen-bond donors (Lipinski definition) is 1. The number of methoxy groups -OCH3 is 1. The molecule has 0 aromatic rings. The molecular formula is C12H21NO3. The van der Waals surface area contributed by atoms with Crippen molar-refractivity contribution in [3.8, 4) is 0 Å². The SMILES string of the molecule is COC1(CNCC2CCC=CO2)CCOC1. The first-order chi connectivity index (χ1) is 7.85. The lowest BCUT2D eigenvalue weighted by atomic mass is 10.0. The maximum atomic E-state index is 5.55. The summed E-state index contributed by atoms with van der Waals surface area (Å²) in [5.41, 5.74) is -0.121. The maximum absolute atomic E-state index is 5.55. The van der Waals surface area contributed by atoms with E-state index in [4.69, 9.17) is 14.2 Å². The molecule has 0 bridgehead atoms. The van der Waals surface area contributed by atoms with Crippen LogP contribution in [0.1, 0.15) is 19.3 Å². The van der Waals surface area contributed by atoms with E-state index in [0.29, 0.717) is 12.7 Å². The van der Waals surface area contributed by atoms with Gasteiger partial charge in [-0.1, -0.05) is 0 Å². The van der Waals surface area contributed by atoms with E-state index < -0.39 is 0 Å². The molecule has 92 valence electrons. The smallest absolute Gasteiger partial charge is 0.110 e. The Labute approximate surface area is 96.9 Å². The Morgan fingerprint density at radius 2 is 2.50 bits per heavy atom. The summed E-state index contributed by atoms with van der Waals surface area (Å²) in [7, 11) is 1.76. The summed E-state index contributed by atoms with van der Waals surface area (Å²) in [5.74, 6) is 0. The maximum Gasteiger partial charge on any atom is 0.110 e. The zero-order chi connectivity index (χ0) is 11.3. The number of rotatable bonds is 5. The number of nitrogens with one attached hydrogen (secondary N) is 1. The van der Waals surface area contributed by atoms with Crippen molar-refractivity contribution in [2.24, 2.45) is 0 Å². The first-order valence-electron chi connectivity index (χ1n) is 5.99. The van der Waals surface area contributed by atoms with Crippen LogP contribution in [0.2, 0.25) is 0 Å². The van der Waals surface area contributed by atoms with Crippen LogP contribution in [0, 0.1) is 0 Å². The molecule has 16 heavy (non-hydrogen) atoms. The van der Waals surface area contributed by atoms with Crippen molar-refractivity contribution in [3.63, 3.8) is 0 Å². The zero-order valence-electron chi connectivity index (χ0n) is 9.91. The molecule has 0 amide bonds. The van der Waals surface area contributed by atoms with E-state index in [-0.39, 0.29) is 5.60 Å². The normalized spacial score (nSPS) is 33.9. The van der Waals surface area contributed by atoms with Gasteiger partial charge in [-0.3, -0.25) is 0 Å². The molecule has 0 aromatic heterocycles. The third kappa shape index (κ3) is 2.97. The highest BCUT2D eigenvalue weighted by molar-refractivity contribution is 4.88. The Morgan fingerprint density at radius 1 is 1.56 bits per heavy atom. The van der Waals surface area contributed by atoms with Crippen LogP contribution in [0.4, 0.5) is 0 Å². The van der Waals surface area contributed by atoms with Gasteiger partial charge < -0.3 is 19.5 Å². The van der Waals surface area contributed by atoms with Gasteiger partial charge >= 0.3 is 0 Å². The molecule has 0 aliphatic carbocycles. The Hall–Kier alpha value is -0.580. The standard InChI is InChI=1S/C12H21NO3/c1-14-12(5-7-15-10-12)9-13-8-11-4-2-3-6-16-11/h3,6,11,13H,2,4-5,7-10H2,1H3. The molecule has 0 spiro atoms. The predicted molar refractivity (Wildman–Crippen MR) is 61.3 cm³/mol. The van der Waals surface area contributed by atoms with E-state index in [1.54, 1.807) is 13.4 Å². The van der Waals surface area contributed by atoms with Crippen molar-refractivity contribution in [1.82, 2.24) is 5.32 Å². The minimum absolute atomic E-state index is 0.121. The first kappa shape index (κ1) is 11.9. The third-order valence-electron chi connectivity index (χ3n) is 3.34. The summed E-state index contributed by atoms with van der Waals surface area (Å²) in [6.45, 7) is 3.22. The van der Waals surface area contributed by atoms with Crippen molar-refractivity contribution in [3.05, 3.63) is 12.3 Å². The Bertz CT molecular complexity index is 236. The highest BCUT2D eigenvalue weighted by Gasteiger charge is 2.34. The molecule has 0 radical (unpaired) electrons. The molecule has 2 rings (SSSR count). The highest BCUT2D eigenvalue weighted by Crippen LogP contribution is 2.21. The van der Waals surface area contributed by atoms with Crippen molar-refractivity contribution >= 4 is 0 Å². The van der Waals surface area contributed by atoms with Gasteiger partial charge in [-0.05, 0) is 18.9 Å². The lowest BCUT2D eigenvalue weighted by Gasteiger charge is -2.27. The van der Waals surface area contributed by atoms with Gasteiger partial charge in [-0.15, -0.1) is 0 Å². The molecule has 4 heteroatoms. The summed E-state index contributed by atoms with van der Waals surface area (Å²) in [5, 5.41) is 3.42. The second-order valence-corrected chi connectivity index (χ2v) is 4.53. The fourth-order valence-electron chi connectivity index (χ4n) is 2.16. The fourth-order valence-corrected chi connectivity index (χ4v) is 2.16. The van der Waals surface area contributed by atoms with Crippen LogP contribution in [-0.4, -0.2) is 45.1 Å². The lowest BCUT2D eigenvalue weighted by molar-refractivity contribution is -0.0178. The van der Waals surface area contributed by atoms with Crippen LogP contribution < -0.4 is 5.32 Å². The van der Waals surface area contributed by atoms with Crippen molar-refractivity contribution < 1.29 is 14.2 Å². The average molecular weight is 227 g/mol. The molecular weight excluding hydrogens is 206 g/mol. The minimum atomic E-state index is -0.121. The summed E-state index contributed by atoms with van der Waals surface area (Å²) >= 11 is 0. The third-order valence-corrected chi connectivity index (χ3v) is 3.34. The largest absolute Gasteiger partial charge is 0.497 e. The molecule has 1 saturated heterocycles. The Kier molecular flexibility index (Phi) is 4.21. The van der Waals surface area contributed by atoms with E-state index in [0.717, 1.165) is 39.0 Å². The topological polar surface area (TPSA) is 39.7 Å². The predicted octanol–water partition coefficient (Wildman–Crippen LogP) is 1.07. The summed E-state index contributed by atoms with van der Waals surface area (Å²) in [6.07, 6.45) is 7.37. The van der Waals surface area contributed by atoms with E-state index in [1.807, 2.05) is 0 Å². The second kappa shape index (κ2) is 5.66. The minimum Gasteiger partial charge on any atom is -0.497 e. The second-order valence-electron chi connectivity index (χ2n) is 4.53. The van der Waals surface area contributed by atoms with Gasteiger partial charge in [0.05, 0.1) is 12.9 Å². The van der Waals surface area contributed by atoms with Crippen molar-refractivity contribution in [1.29, 1.82) is 0 Å². The molecule has 2 aliphatic heterocycles. The Morgan fingerprint density at radius 3 is 3.12 bits per heavy atom. The van der Waals surface area contributed by atoms with Gasteiger partial charge in [0.15, 0.2) is 0 Å². The summed E-state index contributed by atoms with van der Waals surface area (Å²) in [4.78, 5) is 0. The Balaban J connectivity index is 1.68. The van der Waals surface area contributed by atoms with Crippen LogP contribution >= 0.6 is 0 Å². The van der Waals surface area contributed by atoms with Gasteiger partial charge in [0.1, 0.15) is 11.7 Å². The van der Waals surface area contributed by atoms with Crippen LogP contribution in [0.15, 0.2) is 12.3 Å². The molecule has 2 unspecified atom stereocenters. The zero-order valence-corrected chi connectivity index (χ0v) is 9.91. The van der Waals surface area contributed by atoms with Crippen LogP contribution in [0.3, 0.4) is 0 Å². The molecule has 2 heterocycles. The monoisotopic (exact) mass is 227 g/mol. The van der Waals surface area contributed by atoms with E-state index in [2.05, 4.69) is 11.4 Å². The van der Waals surface area contributed by atoms with Crippen LogP contribution in [0.25, 0.3) is 0 Å². The molecule has 1 fully saturated rings. The first-order valence-corrected chi connectivity index (χ1v) is 5.99. The molecule has 0 saturated carbocycles. The van der Waals surface area contributed by atoms with Gasteiger partial charge in [-0.25, -0.2) is 0 Å². The van der Waals surface area contributed by atoms with Crippen LogP contribution in [-0.2, 0) is 14.2 Å². The van der Waals surface area contributed by atoms with Crippen molar-refractivity contribution in [2.45, 2.75) is 31.0 Å². The number of allylic oxidation sites excluding steroid dienone is 1. The van der Waals surface area contributed by atoms with Gasteiger partial charge in [0.2, 0.25) is 0 Å². The van der Waals surface area contributed by atoms with E-state index >= 15 is 0 Å². The van der Waals surface area contributed by atoms with Gasteiger partial charge in [0.25, 0.3) is 0 Å². The fraction of sp³-hybridized carbons (Fsp3) is 0.833. The van der Waals surface area contributed by atoms with Gasteiger partial charge in [-0.2, -0.15) is 0 Å². The average Bonchev–Trinajstić information content (AvgIpc) is 2.80. The van der Waals surface area contributed by atoms with Gasteiger partial charge in [0, 0.05) is 33.2 Å². The molecule has 4 nitrogen and oxygen atoms in total. The quantitative estimate of drug-likeness (QED) is 0.763. The number of ether oxygens (including phenoxy) is 3. The molecule has 2 aliphatic rings.